The predicted molar refractivity (Wildman–Crippen MR) is 58.4 cm³/mol. The van der Waals surface area contributed by atoms with Gasteiger partial charge in [-0.1, -0.05) is 5.16 Å². The van der Waals surface area contributed by atoms with Gasteiger partial charge in [0.1, 0.15) is 11.9 Å². The molecule has 5 nitrogen and oxygen atoms in total. The molecule has 0 amide bonds. The van der Waals surface area contributed by atoms with Gasteiger partial charge in [0.05, 0.1) is 6.61 Å². The van der Waals surface area contributed by atoms with Gasteiger partial charge in [-0.15, -0.1) is 0 Å². The molecule has 0 aliphatic heterocycles. The van der Waals surface area contributed by atoms with Gasteiger partial charge in [0, 0.05) is 5.56 Å². The molecule has 0 bridgehead atoms. The molecule has 0 saturated carbocycles. The highest BCUT2D eigenvalue weighted by Gasteiger charge is 2.15. The van der Waals surface area contributed by atoms with Crippen LogP contribution in [0.4, 0.5) is 4.39 Å². The Bertz CT molecular complexity index is 527. The van der Waals surface area contributed by atoms with E-state index in [4.69, 9.17) is 15.4 Å². The fourth-order valence-electron chi connectivity index (χ4n) is 1.45. The molecule has 0 spiro atoms. The Hall–Kier alpha value is -1.79. The summed E-state index contributed by atoms with van der Waals surface area (Å²) in [5, 5.41) is 12.6. The van der Waals surface area contributed by atoms with Gasteiger partial charge in [0.2, 0.25) is 11.7 Å². The lowest BCUT2D eigenvalue weighted by molar-refractivity contribution is 0.237. The summed E-state index contributed by atoms with van der Waals surface area (Å²) in [4.78, 5) is 4.06. The fourth-order valence-corrected chi connectivity index (χ4v) is 1.45. The molecule has 2 rings (SSSR count). The third-order valence-electron chi connectivity index (χ3n) is 2.38. The number of aryl methyl sites for hydroxylation is 1. The minimum absolute atomic E-state index is 0.159. The van der Waals surface area contributed by atoms with Crippen molar-refractivity contribution < 1.29 is 14.0 Å². The number of hydrogen-bond acceptors (Lipinski definition) is 5. The van der Waals surface area contributed by atoms with Crippen molar-refractivity contribution in [2.24, 2.45) is 5.73 Å². The molecule has 1 heterocycles. The lowest BCUT2D eigenvalue weighted by Gasteiger charge is -2.00. The van der Waals surface area contributed by atoms with Gasteiger partial charge < -0.3 is 15.4 Å². The molecule has 0 aliphatic rings. The Morgan fingerprint density at radius 3 is 2.94 bits per heavy atom. The Labute approximate surface area is 97.1 Å². The molecule has 0 fully saturated rings. The normalized spacial score (nSPS) is 12.7. The average molecular weight is 237 g/mol. The molecule has 0 saturated heterocycles. The maximum absolute atomic E-state index is 12.9. The maximum Gasteiger partial charge on any atom is 0.246 e. The van der Waals surface area contributed by atoms with Crippen LogP contribution in [-0.2, 0) is 0 Å². The standard InChI is InChI=1S/C11H12FN3O2/c1-6-4-7(12)2-3-8(6)10-14-11(17-15-10)9(13)5-16/h2-4,9,16H,5,13H2,1H3/t9-/m1/s1. The van der Waals surface area contributed by atoms with Crippen molar-refractivity contribution in [2.75, 3.05) is 6.61 Å². The number of rotatable bonds is 3. The first kappa shape index (κ1) is 11.7. The summed E-state index contributed by atoms with van der Waals surface area (Å²) in [5.41, 5.74) is 6.92. The van der Waals surface area contributed by atoms with E-state index in [1.807, 2.05) is 0 Å². The van der Waals surface area contributed by atoms with E-state index in [0.29, 0.717) is 17.0 Å². The van der Waals surface area contributed by atoms with Crippen LogP contribution < -0.4 is 5.73 Å². The Kier molecular flexibility index (Phi) is 3.16. The molecule has 0 unspecified atom stereocenters. The Morgan fingerprint density at radius 2 is 2.29 bits per heavy atom. The minimum Gasteiger partial charge on any atom is -0.394 e. The van der Waals surface area contributed by atoms with E-state index in [1.54, 1.807) is 13.0 Å². The summed E-state index contributed by atoms with van der Waals surface area (Å²) in [6, 6.07) is 3.59. The van der Waals surface area contributed by atoms with Crippen molar-refractivity contribution in [3.05, 3.63) is 35.5 Å². The smallest absolute Gasteiger partial charge is 0.246 e. The van der Waals surface area contributed by atoms with E-state index in [0.717, 1.165) is 0 Å². The van der Waals surface area contributed by atoms with Gasteiger partial charge in [0.15, 0.2) is 0 Å². The predicted octanol–water partition coefficient (Wildman–Crippen LogP) is 1.18. The van der Waals surface area contributed by atoms with E-state index in [1.165, 1.54) is 12.1 Å². The summed E-state index contributed by atoms with van der Waals surface area (Å²) in [5.74, 6) is 0.176. The highest BCUT2D eigenvalue weighted by Crippen LogP contribution is 2.22. The highest BCUT2D eigenvalue weighted by atomic mass is 19.1. The van der Waals surface area contributed by atoms with Crippen molar-refractivity contribution in [3.8, 4) is 11.4 Å². The molecule has 17 heavy (non-hydrogen) atoms. The van der Waals surface area contributed by atoms with Crippen LogP contribution in [0.2, 0.25) is 0 Å². The molecule has 0 aliphatic carbocycles. The summed E-state index contributed by atoms with van der Waals surface area (Å²) in [7, 11) is 0. The third-order valence-corrected chi connectivity index (χ3v) is 2.38. The number of nitrogens with zero attached hydrogens (tertiary/aromatic N) is 2. The lowest BCUT2D eigenvalue weighted by Crippen LogP contribution is -2.14. The summed E-state index contributed by atoms with van der Waals surface area (Å²) >= 11 is 0. The van der Waals surface area contributed by atoms with Crippen LogP contribution in [0.5, 0.6) is 0 Å². The van der Waals surface area contributed by atoms with Crippen molar-refractivity contribution in [2.45, 2.75) is 13.0 Å². The second kappa shape index (κ2) is 4.60. The number of nitrogens with two attached hydrogens (primary N) is 1. The van der Waals surface area contributed by atoms with Crippen molar-refractivity contribution in [1.29, 1.82) is 0 Å². The van der Waals surface area contributed by atoms with Crippen LogP contribution in [0.1, 0.15) is 17.5 Å². The molecule has 0 radical (unpaired) electrons. The van der Waals surface area contributed by atoms with Crippen LogP contribution in [0.3, 0.4) is 0 Å². The van der Waals surface area contributed by atoms with Gasteiger partial charge in [-0.3, -0.25) is 0 Å². The summed E-state index contributed by atoms with van der Waals surface area (Å²) < 4.78 is 17.9. The van der Waals surface area contributed by atoms with Crippen molar-refractivity contribution in [3.63, 3.8) is 0 Å². The van der Waals surface area contributed by atoms with Gasteiger partial charge >= 0.3 is 0 Å². The zero-order valence-corrected chi connectivity index (χ0v) is 9.22. The molecule has 6 heteroatoms. The molecule has 1 aromatic heterocycles. The quantitative estimate of drug-likeness (QED) is 0.837. The van der Waals surface area contributed by atoms with E-state index in [9.17, 15) is 4.39 Å². The zero-order valence-electron chi connectivity index (χ0n) is 9.22. The Balaban J connectivity index is 2.37. The maximum atomic E-state index is 12.9. The second-order valence-corrected chi connectivity index (χ2v) is 3.70. The van der Waals surface area contributed by atoms with E-state index in [2.05, 4.69) is 10.1 Å². The van der Waals surface area contributed by atoms with Crippen molar-refractivity contribution in [1.82, 2.24) is 10.1 Å². The van der Waals surface area contributed by atoms with Crippen LogP contribution >= 0.6 is 0 Å². The zero-order chi connectivity index (χ0) is 12.4. The molecular formula is C11H12FN3O2. The van der Waals surface area contributed by atoms with E-state index in [-0.39, 0.29) is 18.3 Å². The minimum atomic E-state index is -0.697. The first-order valence-corrected chi connectivity index (χ1v) is 5.08. The number of halogens is 1. The lowest BCUT2D eigenvalue weighted by atomic mass is 10.1. The summed E-state index contributed by atoms with van der Waals surface area (Å²) in [6.07, 6.45) is 0. The number of aliphatic hydroxyl groups is 1. The topological polar surface area (TPSA) is 85.2 Å². The van der Waals surface area contributed by atoms with Gasteiger partial charge in [-0.25, -0.2) is 4.39 Å². The first-order valence-electron chi connectivity index (χ1n) is 5.08. The molecule has 2 aromatic rings. The van der Waals surface area contributed by atoms with Gasteiger partial charge in [-0.2, -0.15) is 4.98 Å². The highest BCUT2D eigenvalue weighted by molar-refractivity contribution is 5.59. The molecular weight excluding hydrogens is 225 g/mol. The van der Waals surface area contributed by atoms with Gasteiger partial charge in [0.25, 0.3) is 0 Å². The molecule has 1 atom stereocenters. The number of benzene rings is 1. The number of hydrogen-bond donors (Lipinski definition) is 2. The monoisotopic (exact) mass is 237 g/mol. The third kappa shape index (κ3) is 2.32. The average Bonchev–Trinajstić information content (AvgIpc) is 2.77. The van der Waals surface area contributed by atoms with Crippen molar-refractivity contribution >= 4 is 0 Å². The fraction of sp³-hybridized carbons (Fsp3) is 0.273. The van der Waals surface area contributed by atoms with Gasteiger partial charge in [-0.05, 0) is 30.7 Å². The largest absolute Gasteiger partial charge is 0.394 e. The number of aromatic nitrogens is 2. The Morgan fingerprint density at radius 1 is 1.53 bits per heavy atom. The van der Waals surface area contributed by atoms with Crippen LogP contribution in [0.15, 0.2) is 22.7 Å². The second-order valence-electron chi connectivity index (χ2n) is 3.70. The van der Waals surface area contributed by atoms with E-state index < -0.39 is 6.04 Å². The SMILES string of the molecule is Cc1cc(F)ccc1-c1noc([C@H](N)CO)n1. The molecule has 3 N–H and O–H groups in total. The van der Waals surface area contributed by atoms with Crippen LogP contribution in [0.25, 0.3) is 11.4 Å². The molecule has 1 aromatic carbocycles. The molecule has 90 valence electrons. The number of aliphatic hydroxyl groups excluding tert-OH is 1. The van der Waals surface area contributed by atoms with Crippen LogP contribution in [0, 0.1) is 12.7 Å². The van der Waals surface area contributed by atoms with E-state index >= 15 is 0 Å². The first-order chi connectivity index (χ1) is 8.11. The van der Waals surface area contributed by atoms with Crippen LogP contribution in [-0.4, -0.2) is 21.9 Å². The summed E-state index contributed by atoms with van der Waals surface area (Å²) in [6.45, 7) is 1.48.